The highest BCUT2D eigenvalue weighted by Gasteiger charge is 2.25. The van der Waals surface area contributed by atoms with Gasteiger partial charge in [-0.15, -0.1) is 0 Å². The van der Waals surface area contributed by atoms with Crippen molar-refractivity contribution in [3.63, 3.8) is 0 Å². The molecular formula is C48H33N5. The Bertz CT molecular complexity index is 3090. The second kappa shape index (κ2) is 11.6. The van der Waals surface area contributed by atoms with Gasteiger partial charge >= 0.3 is 0 Å². The van der Waals surface area contributed by atoms with Crippen molar-refractivity contribution in [1.82, 2.24) is 24.1 Å². The van der Waals surface area contributed by atoms with Crippen molar-refractivity contribution in [1.29, 1.82) is 0 Å². The molecule has 0 fully saturated rings. The second-order valence-corrected chi connectivity index (χ2v) is 14.1. The van der Waals surface area contributed by atoms with Crippen molar-refractivity contribution in [2.24, 2.45) is 5.92 Å². The first-order valence-corrected chi connectivity index (χ1v) is 18.3. The normalized spacial score (nSPS) is 14.7. The number of rotatable bonds is 4. The van der Waals surface area contributed by atoms with Gasteiger partial charge in [0, 0.05) is 38.4 Å². The van der Waals surface area contributed by atoms with Crippen molar-refractivity contribution in [3.05, 3.63) is 164 Å². The number of allylic oxidation sites excluding steroid dienone is 4. The zero-order valence-corrected chi connectivity index (χ0v) is 29.1. The van der Waals surface area contributed by atoms with Crippen LogP contribution in [-0.2, 0) is 0 Å². The summed E-state index contributed by atoms with van der Waals surface area (Å²) in [5, 5.41) is 9.60. The summed E-state index contributed by atoms with van der Waals surface area (Å²) < 4.78 is 4.78. The standard InChI is InChI=1S/C48H33N5/c1-30-13-12-21-36(27-30)52-41-26-23-31-14-10-11-22-37(31)43(41)39-25-24-38-40-28-34-19-8-9-20-35(34)29-42(40)53(44(38)45(39)52)48-50-46(32-15-4-2-5-16-32)49-47(51-48)33-17-6-3-7-18-33/h2-12,14-30H,13H2,1H3. The Morgan fingerprint density at radius 3 is 1.85 bits per heavy atom. The molecule has 0 saturated carbocycles. The summed E-state index contributed by atoms with van der Waals surface area (Å²) >= 11 is 0. The molecule has 0 N–H and O–H groups in total. The number of aromatic nitrogens is 5. The van der Waals surface area contributed by atoms with Crippen LogP contribution in [0.4, 0.5) is 0 Å². The van der Waals surface area contributed by atoms with Crippen LogP contribution in [-0.4, -0.2) is 24.1 Å². The maximum absolute atomic E-state index is 5.32. The second-order valence-electron chi connectivity index (χ2n) is 14.1. The Balaban J connectivity index is 1.37. The molecule has 0 bridgehead atoms. The van der Waals surface area contributed by atoms with Crippen LogP contribution in [0.15, 0.2) is 164 Å². The van der Waals surface area contributed by atoms with Crippen LogP contribution in [0, 0.1) is 5.92 Å². The highest BCUT2D eigenvalue weighted by Crippen LogP contribution is 2.45. The van der Waals surface area contributed by atoms with E-state index in [9.17, 15) is 0 Å². The van der Waals surface area contributed by atoms with E-state index in [2.05, 4.69) is 143 Å². The Morgan fingerprint density at radius 2 is 1.13 bits per heavy atom. The van der Waals surface area contributed by atoms with Gasteiger partial charge in [-0.1, -0.05) is 146 Å². The van der Waals surface area contributed by atoms with Crippen molar-refractivity contribution in [2.75, 3.05) is 0 Å². The third-order valence-electron chi connectivity index (χ3n) is 10.8. The van der Waals surface area contributed by atoms with E-state index in [1.807, 2.05) is 36.4 Å². The highest BCUT2D eigenvalue weighted by atomic mass is 15.2. The van der Waals surface area contributed by atoms with Crippen LogP contribution in [0.5, 0.6) is 0 Å². The predicted molar refractivity (Wildman–Crippen MR) is 220 cm³/mol. The number of benzene rings is 7. The Kier molecular flexibility index (Phi) is 6.52. The quantitative estimate of drug-likeness (QED) is 0.186. The molecular weight excluding hydrogens is 647 g/mol. The lowest BCUT2D eigenvalue weighted by molar-refractivity contribution is 0.735. The third kappa shape index (κ3) is 4.60. The molecule has 7 aromatic carbocycles. The van der Waals surface area contributed by atoms with Crippen molar-refractivity contribution >= 4 is 70.9 Å². The zero-order valence-electron chi connectivity index (χ0n) is 29.1. The average molecular weight is 680 g/mol. The summed E-state index contributed by atoms with van der Waals surface area (Å²) in [5.74, 6) is 2.28. The van der Waals surface area contributed by atoms with E-state index in [4.69, 9.17) is 15.0 Å². The van der Waals surface area contributed by atoms with E-state index in [-0.39, 0.29) is 0 Å². The first kappa shape index (κ1) is 29.8. The zero-order chi connectivity index (χ0) is 35.0. The van der Waals surface area contributed by atoms with Gasteiger partial charge in [0.15, 0.2) is 11.6 Å². The summed E-state index contributed by atoms with van der Waals surface area (Å²) in [6.07, 6.45) is 8.04. The Labute approximate surface area is 305 Å². The lowest BCUT2D eigenvalue weighted by Crippen LogP contribution is -2.07. The van der Waals surface area contributed by atoms with Crippen molar-refractivity contribution in [2.45, 2.75) is 13.3 Å². The molecule has 10 aromatic rings. The number of nitrogens with zero attached hydrogens (tertiary/aromatic N) is 5. The maximum atomic E-state index is 5.32. The van der Waals surface area contributed by atoms with E-state index in [1.54, 1.807) is 0 Å². The Morgan fingerprint density at radius 1 is 0.509 bits per heavy atom. The van der Waals surface area contributed by atoms with Crippen LogP contribution in [0.2, 0.25) is 0 Å². The fourth-order valence-corrected chi connectivity index (χ4v) is 8.39. The smallest absolute Gasteiger partial charge is 0.238 e. The molecule has 0 amide bonds. The molecule has 5 nitrogen and oxygen atoms in total. The number of hydrogen-bond donors (Lipinski definition) is 0. The molecule has 1 aliphatic carbocycles. The molecule has 0 aliphatic heterocycles. The topological polar surface area (TPSA) is 48.5 Å². The molecule has 1 atom stereocenters. The molecule has 11 rings (SSSR count). The molecule has 53 heavy (non-hydrogen) atoms. The van der Waals surface area contributed by atoms with Gasteiger partial charge in [-0.05, 0) is 58.2 Å². The van der Waals surface area contributed by atoms with E-state index in [0.29, 0.717) is 23.5 Å². The SMILES string of the molecule is CC1C=C(n2c3ccc4ccccc4c3c3ccc4c5cc6ccccc6cc5n(-c5nc(-c6ccccc6)nc(-c6ccccc6)n5)c4c32)C=CC1. The molecule has 0 saturated heterocycles. The Hall–Kier alpha value is -6.85. The van der Waals surface area contributed by atoms with Crippen molar-refractivity contribution < 1.29 is 0 Å². The summed E-state index contributed by atoms with van der Waals surface area (Å²) in [6, 6.07) is 51.6. The first-order valence-electron chi connectivity index (χ1n) is 18.3. The van der Waals surface area contributed by atoms with Crippen LogP contribution >= 0.6 is 0 Å². The number of fused-ring (bicyclic) bond motifs is 10. The molecule has 0 radical (unpaired) electrons. The summed E-state index contributed by atoms with van der Waals surface area (Å²) in [4.78, 5) is 15.7. The minimum atomic E-state index is 0.420. The minimum absolute atomic E-state index is 0.420. The fraction of sp³-hybridized carbons (Fsp3) is 0.0625. The van der Waals surface area contributed by atoms with Gasteiger partial charge < -0.3 is 4.57 Å². The van der Waals surface area contributed by atoms with Crippen LogP contribution in [0.25, 0.3) is 99.6 Å². The van der Waals surface area contributed by atoms with Gasteiger partial charge in [0.1, 0.15) is 0 Å². The monoisotopic (exact) mass is 679 g/mol. The van der Waals surface area contributed by atoms with Crippen LogP contribution in [0.3, 0.4) is 0 Å². The number of hydrogen-bond acceptors (Lipinski definition) is 3. The molecule has 0 spiro atoms. The maximum Gasteiger partial charge on any atom is 0.238 e. The van der Waals surface area contributed by atoms with Crippen LogP contribution in [0.1, 0.15) is 13.3 Å². The van der Waals surface area contributed by atoms with Gasteiger partial charge in [-0.2, -0.15) is 9.97 Å². The molecule has 3 aromatic heterocycles. The molecule has 1 unspecified atom stereocenters. The van der Waals surface area contributed by atoms with Crippen LogP contribution < -0.4 is 0 Å². The van der Waals surface area contributed by atoms with Crippen molar-refractivity contribution in [3.8, 4) is 28.7 Å². The lowest BCUT2D eigenvalue weighted by atomic mass is 10.0. The van der Waals surface area contributed by atoms with E-state index >= 15 is 0 Å². The van der Waals surface area contributed by atoms with Gasteiger partial charge in [0.2, 0.25) is 5.95 Å². The van der Waals surface area contributed by atoms with E-state index in [1.165, 1.54) is 43.5 Å². The fourth-order valence-electron chi connectivity index (χ4n) is 8.39. The molecule has 250 valence electrons. The van der Waals surface area contributed by atoms with E-state index in [0.717, 1.165) is 44.9 Å². The largest absolute Gasteiger partial charge is 0.307 e. The third-order valence-corrected chi connectivity index (χ3v) is 10.8. The lowest BCUT2D eigenvalue weighted by Gasteiger charge is -2.17. The highest BCUT2D eigenvalue weighted by molar-refractivity contribution is 6.29. The minimum Gasteiger partial charge on any atom is -0.307 e. The van der Waals surface area contributed by atoms with Gasteiger partial charge in [-0.25, -0.2) is 4.98 Å². The van der Waals surface area contributed by atoms with Gasteiger partial charge in [0.25, 0.3) is 0 Å². The molecule has 3 heterocycles. The first-order chi connectivity index (χ1) is 26.2. The molecule has 5 heteroatoms. The average Bonchev–Trinajstić information content (AvgIpc) is 3.73. The van der Waals surface area contributed by atoms with E-state index < -0.39 is 0 Å². The summed E-state index contributed by atoms with van der Waals surface area (Å²) in [6.45, 7) is 2.30. The van der Waals surface area contributed by atoms with Gasteiger partial charge in [-0.3, -0.25) is 4.57 Å². The summed E-state index contributed by atoms with van der Waals surface area (Å²) in [7, 11) is 0. The predicted octanol–water partition coefficient (Wildman–Crippen LogP) is 12.2. The molecule has 1 aliphatic rings. The van der Waals surface area contributed by atoms with Gasteiger partial charge in [0.05, 0.1) is 22.1 Å². The summed E-state index contributed by atoms with van der Waals surface area (Å²) in [5.41, 5.74) is 7.52.